The summed E-state index contributed by atoms with van der Waals surface area (Å²) in [4.78, 5) is 0. The Labute approximate surface area is 109 Å². The van der Waals surface area contributed by atoms with Gasteiger partial charge in [0.2, 0.25) is 0 Å². The maximum absolute atomic E-state index is 6.25. The lowest BCUT2D eigenvalue weighted by Crippen LogP contribution is -2.05. The molecule has 0 spiro atoms. The molecule has 2 rings (SSSR count). The van der Waals surface area contributed by atoms with Gasteiger partial charge in [-0.05, 0) is 36.5 Å². The molecule has 0 N–H and O–H groups in total. The summed E-state index contributed by atoms with van der Waals surface area (Å²) in [6, 6.07) is 3.88. The molecule has 0 saturated heterocycles. The van der Waals surface area contributed by atoms with E-state index in [4.69, 9.17) is 23.2 Å². The molecule has 15 heavy (non-hydrogen) atoms. The van der Waals surface area contributed by atoms with Gasteiger partial charge in [-0.1, -0.05) is 58.4 Å². The molecule has 1 aliphatic carbocycles. The molecular formula is C12H13BrCl2. The molecule has 1 aromatic carbocycles. The lowest BCUT2D eigenvalue weighted by atomic mass is 9.84. The Bertz CT molecular complexity index is 334. The predicted octanol–water partition coefficient (Wildman–Crippen LogP) is 5.80. The summed E-state index contributed by atoms with van der Waals surface area (Å²) in [5.41, 5.74) is 1.15. The summed E-state index contributed by atoms with van der Waals surface area (Å²) in [6.45, 7) is 0. The summed E-state index contributed by atoms with van der Waals surface area (Å²) in [7, 11) is 0. The Balaban J connectivity index is 2.33. The van der Waals surface area contributed by atoms with E-state index in [1.165, 1.54) is 32.1 Å². The Morgan fingerprint density at radius 3 is 2.07 bits per heavy atom. The Morgan fingerprint density at radius 2 is 1.53 bits per heavy atom. The molecule has 0 aromatic heterocycles. The van der Waals surface area contributed by atoms with Crippen molar-refractivity contribution in [3.05, 3.63) is 32.2 Å². The quantitative estimate of drug-likeness (QED) is 0.614. The molecule has 1 aliphatic rings. The van der Waals surface area contributed by atoms with E-state index in [0.29, 0.717) is 5.92 Å². The highest BCUT2D eigenvalue weighted by Gasteiger charge is 2.20. The van der Waals surface area contributed by atoms with Crippen LogP contribution in [0.15, 0.2) is 16.6 Å². The van der Waals surface area contributed by atoms with Crippen LogP contribution in [0.2, 0.25) is 10.0 Å². The van der Waals surface area contributed by atoms with Crippen molar-refractivity contribution in [1.29, 1.82) is 0 Å². The fourth-order valence-corrected chi connectivity index (χ4v) is 3.85. The molecule has 0 aliphatic heterocycles. The molecule has 82 valence electrons. The average molecular weight is 308 g/mol. The first kappa shape index (κ1) is 11.8. The second kappa shape index (κ2) is 5.07. The fourth-order valence-electron chi connectivity index (χ4n) is 2.33. The van der Waals surface area contributed by atoms with Crippen LogP contribution in [0.1, 0.15) is 43.6 Å². The summed E-state index contributed by atoms with van der Waals surface area (Å²) < 4.78 is 0.956. The minimum absolute atomic E-state index is 0.562. The minimum atomic E-state index is 0.562. The molecule has 0 unspecified atom stereocenters. The monoisotopic (exact) mass is 306 g/mol. The van der Waals surface area contributed by atoms with Crippen molar-refractivity contribution in [2.45, 2.75) is 38.0 Å². The van der Waals surface area contributed by atoms with Gasteiger partial charge in [0.1, 0.15) is 0 Å². The van der Waals surface area contributed by atoms with E-state index in [9.17, 15) is 0 Å². The van der Waals surface area contributed by atoms with Gasteiger partial charge in [-0.25, -0.2) is 0 Å². The third-order valence-electron chi connectivity index (χ3n) is 3.06. The van der Waals surface area contributed by atoms with Crippen LogP contribution in [0, 0.1) is 0 Å². The van der Waals surface area contributed by atoms with Crippen molar-refractivity contribution in [2.75, 3.05) is 0 Å². The molecule has 0 amide bonds. The van der Waals surface area contributed by atoms with Gasteiger partial charge < -0.3 is 0 Å². The first-order valence-electron chi connectivity index (χ1n) is 5.33. The number of halogens is 3. The van der Waals surface area contributed by atoms with Gasteiger partial charge in [-0.15, -0.1) is 0 Å². The third kappa shape index (κ3) is 2.69. The van der Waals surface area contributed by atoms with Gasteiger partial charge in [0.15, 0.2) is 0 Å². The fraction of sp³-hybridized carbons (Fsp3) is 0.500. The first-order valence-corrected chi connectivity index (χ1v) is 6.88. The van der Waals surface area contributed by atoms with Gasteiger partial charge >= 0.3 is 0 Å². The van der Waals surface area contributed by atoms with Crippen molar-refractivity contribution in [2.24, 2.45) is 0 Å². The molecule has 0 radical (unpaired) electrons. The van der Waals surface area contributed by atoms with Crippen LogP contribution in [0.5, 0.6) is 0 Å². The molecule has 0 atom stereocenters. The molecule has 0 nitrogen and oxygen atoms in total. The van der Waals surface area contributed by atoms with Crippen LogP contribution in [-0.2, 0) is 0 Å². The summed E-state index contributed by atoms with van der Waals surface area (Å²) >= 11 is 15.9. The summed E-state index contributed by atoms with van der Waals surface area (Å²) in [5, 5.41) is 1.61. The second-order valence-electron chi connectivity index (χ2n) is 4.12. The highest BCUT2D eigenvalue weighted by molar-refractivity contribution is 9.10. The van der Waals surface area contributed by atoms with Crippen LogP contribution in [-0.4, -0.2) is 0 Å². The predicted molar refractivity (Wildman–Crippen MR) is 70.0 cm³/mol. The van der Waals surface area contributed by atoms with E-state index in [-0.39, 0.29) is 0 Å². The molecular weight excluding hydrogens is 295 g/mol. The van der Waals surface area contributed by atoms with Crippen LogP contribution >= 0.6 is 39.1 Å². The second-order valence-corrected chi connectivity index (χ2v) is 5.85. The van der Waals surface area contributed by atoms with Gasteiger partial charge in [-0.3, -0.25) is 0 Å². The highest BCUT2D eigenvalue weighted by Crippen LogP contribution is 2.41. The lowest BCUT2D eigenvalue weighted by molar-refractivity contribution is 0.444. The zero-order valence-electron chi connectivity index (χ0n) is 8.40. The van der Waals surface area contributed by atoms with E-state index >= 15 is 0 Å². The smallest absolute Gasteiger partial charge is 0.0466 e. The molecule has 1 saturated carbocycles. The Morgan fingerprint density at radius 1 is 1.00 bits per heavy atom. The van der Waals surface area contributed by atoms with Crippen molar-refractivity contribution in [3.63, 3.8) is 0 Å². The first-order chi connectivity index (χ1) is 7.18. The van der Waals surface area contributed by atoms with E-state index in [1.54, 1.807) is 0 Å². The molecule has 0 bridgehead atoms. The van der Waals surface area contributed by atoms with Gasteiger partial charge in [0.25, 0.3) is 0 Å². The van der Waals surface area contributed by atoms with E-state index < -0.39 is 0 Å². The van der Waals surface area contributed by atoms with Crippen LogP contribution in [0.4, 0.5) is 0 Å². The Hall–Kier alpha value is 0.280. The Kier molecular flexibility index (Phi) is 3.98. The number of benzene rings is 1. The van der Waals surface area contributed by atoms with Crippen LogP contribution < -0.4 is 0 Å². The summed E-state index contributed by atoms with van der Waals surface area (Å²) in [6.07, 6.45) is 6.39. The molecule has 1 fully saturated rings. The average Bonchev–Trinajstić information content (AvgIpc) is 2.17. The minimum Gasteiger partial charge on any atom is -0.0839 e. The maximum atomic E-state index is 6.25. The zero-order valence-corrected chi connectivity index (χ0v) is 11.5. The standard InChI is InChI=1S/C12H13BrCl2/c13-9-6-10(14)12(11(15)7-9)8-4-2-1-3-5-8/h6-8H,1-5H2. The van der Waals surface area contributed by atoms with Crippen LogP contribution in [0.25, 0.3) is 0 Å². The topological polar surface area (TPSA) is 0 Å². The normalized spacial score (nSPS) is 18.1. The van der Waals surface area contributed by atoms with Gasteiger partial charge in [0, 0.05) is 14.5 Å². The van der Waals surface area contributed by atoms with Crippen LogP contribution in [0.3, 0.4) is 0 Å². The molecule has 3 heteroatoms. The number of rotatable bonds is 1. The van der Waals surface area contributed by atoms with Crippen molar-refractivity contribution in [1.82, 2.24) is 0 Å². The highest BCUT2D eigenvalue weighted by atomic mass is 79.9. The lowest BCUT2D eigenvalue weighted by Gasteiger charge is -2.24. The van der Waals surface area contributed by atoms with Gasteiger partial charge in [-0.2, -0.15) is 0 Å². The number of hydrogen-bond acceptors (Lipinski definition) is 0. The van der Waals surface area contributed by atoms with Crippen molar-refractivity contribution >= 4 is 39.1 Å². The third-order valence-corrected chi connectivity index (χ3v) is 4.14. The van der Waals surface area contributed by atoms with E-state index in [2.05, 4.69) is 15.9 Å². The summed E-state index contributed by atoms with van der Waals surface area (Å²) in [5.74, 6) is 0.562. The van der Waals surface area contributed by atoms with Crippen molar-refractivity contribution in [3.8, 4) is 0 Å². The molecule has 1 aromatic rings. The SMILES string of the molecule is Clc1cc(Br)cc(Cl)c1C1CCCCC1. The number of hydrogen-bond donors (Lipinski definition) is 0. The maximum Gasteiger partial charge on any atom is 0.0466 e. The largest absolute Gasteiger partial charge is 0.0839 e. The zero-order chi connectivity index (χ0) is 10.8. The van der Waals surface area contributed by atoms with Crippen molar-refractivity contribution < 1.29 is 0 Å². The van der Waals surface area contributed by atoms with E-state index in [0.717, 1.165) is 20.1 Å². The molecule has 0 heterocycles. The van der Waals surface area contributed by atoms with Gasteiger partial charge in [0.05, 0.1) is 0 Å². The van der Waals surface area contributed by atoms with E-state index in [1.807, 2.05) is 12.1 Å².